The Bertz CT molecular complexity index is 883. The van der Waals surface area contributed by atoms with E-state index in [0.717, 1.165) is 12.1 Å². The molecule has 1 aliphatic rings. The van der Waals surface area contributed by atoms with Crippen molar-refractivity contribution in [1.82, 2.24) is 5.32 Å². The van der Waals surface area contributed by atoms with Crippen LogP contribution < -0.4 is 15.4 Å². The van der Waals surface area contributed by atoms with Gasteiger partial charge in [0.25, 0.3) is 5.91 Å². The molecule has 0 radical (unpaired) electrons. The average Bonchev–Trinajstić information content (AvgIpc) is 2.60. The lowest BCUT2D eigenvalue weighted by Gasteiger charge is -2.27. The molecule has 2 aromatic rings. The lowest BCUT2D eigenvalue weighted by Crippen LogP contribution is -2.31. The Hall–Kier alpha value is -3.23. The third-order valence-corrected chi connectivity index (χ3v) is 4.06. The van der Waals surface area contributed by atoms with Crippen molar-refractivity contribution in [2.75, 3.05) is 11.9 Å². The number of hydrogen-bond donors (Lipinski definition) is 3. The van der Waals surface area contributed by atoms with Crippen molar-refractivity contribution in [3.8, 4) is 5.75 Å². The van der Waals surface area contributed by atoms with Gasteiger partial charge in [-0.3, -0.25) is 4.79 Å². The Morgan fingerprint density at radius 2 is 1.89 bits per heavy atom. The topological polar surface area (TPSA) is 87.7 Å². The van der Waals surface area contributed by atoms with Gasteiger partial charge in [-0.2, -0.15) is 13.2 Å². The predicted molar refractivity (Wildman–Crippen MR) is 89.9 cm³/mol. The van der Waals surface area contributed by atoms with Gasteiger partial charge in [-0.25, -0.2) is 4.79 Å². The van der Waals surface area contributed by atoms with Gasteiger partial charge in [0.1, 0.15) is 5.75 Å². The van der Waals surface area contributed by atoms with E-state index in [1.807, 2.05) is 0 Å². The first-order valence-electron chi connectivity index (χ1n) is 7.99. The van der Waals surface area contributed by atoms with Crippen molar-refractivity contribution in [3.63, 3.8) is 0 Å². The van der Waals surface area contributed by atoms with Crippen molar-refractivity contribution >= 4 is 17.7 Å². The van der Waals surface area contributed by atoms with Crippen LogP contribution in [0, 0.1) is 0 Å². The number of carbonyl (C=O) groups excluding carboxylic acids is 1. The molecule has 9 heteroatoms. The monoisotopic (exact) mass is 380 g/mol. The Balaban J connectivity index is 1.87. The van der Waals surface area contributed by atoms with Crippen LogP contribution in [0.15, 0.2) is 42.5 Å². The first kappa shape index (κ1) is 18.6. The molecule has 3 N–H and O–H groups in total. The van der Waals surface area contributed by atoms with Gasteiger partial charge in [0.15, 0.2) is 0 Å². The average molecular weight is 380 g/mol. The minimum Gasteiger partial charge on any atom is -0.492 e. The summed E-state index contributed by atoms with van der Waals surface area (Å²) in [7, 11) is 0. The number of carboxylic acid groups (broad SMARTS) is 1. The molecule has 1 heterocycles. The number of carbonyl (C=O) groups is 2. The van der Waals surface area contributed by atoms with Crippen molar-refractivity contribution in [2.24, 2.45) is 0 Å². The van der Waals surface area contributed by atoms with Gasteiger partial charge in [-0.05, 0) is 24.3 Å². The van der Waals surface area contributed by atoms with Gasteiger partial charge in [0, 0.05) is 17.7 Å². The number of benzene rings is 2. The second kappa shape index (κ2) is 7.18. The maximum Gasteiger partial charge on any atom is 0.416 e. The largest absolute Gasteiger partial charge is 0.492 e. The van der Waals surface area contributed by atoms with Crippen molar-refractivity contribution < 1.29 is 32.6 Å². The molecule has 0 aromatic heterocycles. The van der Waals surface area contributed by atoms with E-state index >= 15 is 0 Å². The van der Waals surface area contributed by atoms with Crippen LogP contribution in [-0.2, 0) is 6.18 Å². The van der Waals surface area contributed by atoms with E-state index in [4.69, 9.17) is 9.84 Å². The van der Waals surface area contributed by atoms with Crippen LogP contribution in [0.25, 0.3) is 0 Å². The van der Waals surface area contributed by atoms with Crippen LogP contribution in [0.5, 0.6) is 5.75 Å². The lowest BCUT2D eigenvalue weighted by molar-refractivity contribution is -0.137. The van der Waals surface area contributed by atoms with Gasteiger partial charge in [-0.1, -0.05) is 18.2 Å². The fourth-order valence-electron chi connectivity index (χ4n) is 2.87. The Labute approximate surface area is 151 Å². The van der Waals surface area contributed by atoms with Crippen LogP contribution in [0.1, 0.15) is 33.9 Å². The van der Waals surface area contributed by atoms with Crippen molar-refractivity contribution in [1.29, 1.82) is 0 Å². The maximum absolute atomic E-state index is 12.8. The van der Waals surface area contributed by atoms with Gasteiger partial charge in [0.05, 0.1) is 23.8 Å². The number of anilines is 1. The molecule has 6 nitrogen and oxygen atoms in total. The summed E-state index contributed by atoms with van der Waals surface area (Å²) in [6.07, 6.45) is -5.32. The smallest absolute Gasteiger partial charge is 0.416 e. The summed E-state index contributed by atoms with van der Waals surface area (Å²) >= 11 is 0. The molecule has 0 aliphatic carbocycles. The Morgan fingerprint density at radius 3 is 2.59 bits per heavy atom. The van der Waals surface area contributed by atoms with Gasteiger partial charge < -0.3 is 20.5 Å². The third kappa shape index (κ3) is 4.13. The normalized spacial score (nSPS) is 16.0. The SMILES string of the molecule is O=C(O)N[C@H]1CCOc2c(C(=O)Nc3cccc(C(F)(F)F)c3)cccc21. The van der Waals surface area contributed by atoms with Gasteiger partial charge in [0.2, 0.25) is 0 Å². The summed E-state index contributed by atoms with van der Waals surface area (Å²) in [5.74, 6) is -0.436. The van der Waals surface area contributed by atoms with E-state index in [9.17, 15) is 22.8 Å². The molecule has 0 fully saturated rings. The number of para-hydroxylation sites is 1. The molecule has 27 heavy (non-hydrogen) atoms. The number of hydrogen-bond acceptors (Lipinski definition) is 3. The highest BCUT2D eigenvalue weighted by Gasteiger charge is 2.31. The van der Waals surface area contributed by atoms with E-state index in [1.54, 1.807) is 12.1 Å². The quantitative estimate of drug-likeness (QED) is 0.750. The fourth-order valence-corrected chi connectivity index (χ4v) is 2.87. The molecule has 0 bridgehead atoms. The van der Waals surface area contributed by atoms with Crippen molar-refractivity contribution in [3.05, 3.63) is 59.2 Å². The summed E-state index contributed by atoms with van der Waals surface area (Å²) in [6.45, 7) is 0.200. The van der Waals surface area contributed by atoms with Crippen LogP contribution in [-0.4, -0.2) is 23.7 Å². The van der Waals surface area contributed by atoms with E-state index in [1.165, 1.54) is 18.2 Å². The highest BCUT2D eigenvalue weighted by atomic mass is 19.4. The second-order valence-corrected chi connectivity index (χ2v) is 5.90. The summed E-state index contributed by atoms with van der Waals surface area (Å²) in [4.78, 5) is 23.5. The lowest BCUT2D eigenvalue weighted by atomic mass is 9.97. The number of fused-ring (bicyclic) bond motifs is 1. The van der Waals surface area contributed by atoms with Crippen molar-refractivity contribution in [2.45, 2.75) is 18.6 Å². The van der Waals surface area contributed by atoms with E-state index < -0.39 is 29.8 Å². The maximum atomic E-state index is 12.8. The number of ether oxygens (including phenoxy) is 1. The van der Waals surface area contributed by atoms with E-state index in [-0.39, 0.29) is 23.6 Å². The Kier molecular flexibility index (Phi) is 4.93. The number of amides is 2. The van der Waals surface area contributed by atoms with Crippen LogP contribution in [0.2, 0.25) is 0 Å². The summed E-state index contributed by atoms with van der Waals surface area (Å²) in [5, 5.41) is 13.7. The number of rotatable bonds is 3. The molecule has 0 unspecified atom stereocenters. The molecule has 0 spiro atoms. The summed E-state index contributed by atoms with van der Waals surface area (Å²) in [6, 6.07) is 8.41. The number of alkyl halides is 3. The minimum atomic E-state index is -4.52. The molecular weight excluding hydrogens is 365 g/mol. The Morgan fingerprint density at radius 1 is 1.15 bits per heavy atom. The number of halogens is 3. The standard InChI is InChI=1S/C18H15F3N2O4/c19-18(20,21)10-3-1-4-11(9-10)22-16(24)13-6-2-5-12-14(23-17(25)26)7-8-27-15(12)13/h1-6,9,14,23H,7-8H2,(H,22,24)(H,25,26)/t14-/m0/s1. The molecule has 1 atom stereocenters. The number of nitrogens with one attached hydrogen (secondary N) is 2. The molecule has 2 aromatic carbocycles. The molecular formula is C18H15F3N2O4. The zero-order valence-electron chi connectivity index (χ0n) is 13.8. The second-order valence-electron chi connectivity index (χ2n) is 5.90. The van der Waals surface area contributed by atoms with E-state index in [2.05, 4.69) is 10.6 Å². The first-order valence-corrected chi connectivity index (χ1v) is 7.99. The first-order chi connectivity index (χ1) is 12.8. The summed E-state index contributed by atoms with van der Waals surface area (Å²) < 4.78 is 44.0. The van der Waals surface area contributed by atoms with Crippen LogP contribution >= 0.6 is 0 Å². The zero-order valence-corrected chi connectivity index (χ0v) is 13.8. The molecule has 2 amide bonds. The van der Waals surface area contributed by atoms with Gasteiger partial charge in [-0.15, -0.1) is 0 Å². The molecule has 0 saturated heterocycles. The molecule has 1 aliphatic heterocycles. The van der Waals surface area contributed by atoms with Gasteiger partial charge >= 0.3 is 12.3 Å². The van der Waals surface area contributed by atoms with Crippen LogP contribution in [0.3, 0.4) is 0 Å². The predicted octanol–water partition coefficient (Wildman–Crippen LogP) is 4.05. The highest BCUT2D eigenvalue weighted by Crippen LogP contribution is 2.36. The minimum absolute atomic E-state index is 0.0107. The molecule has 142 valence electrons. The molecule has 3 rings (SSSR count). The fraction of sp³-hybridized carbons (Fsp3) is 0.222. The summed E-state index contributed by atoms with van der Waals surface area (Å²) in [5.41, 5.74) is -0.275. The third-order valence-electron chi connectivity index (χ3n) is 4.06. The highest BCUT2D eigenvalue weighted by molar-refractivity contribution is 6.06. The van der Waals surface area contributed by atoms with Crippen LogP contribution in [0.4, 0.5) is 23.7 Å². The molecule has 0 saturated carbocycles. The van der Waals surface area contributed by atoms with E-state index in [0.29, 0.717) is 12.0 Å². The zero-order chi connectivity index (χ0) is 19.6.